The number of carbonyl (C=O) groups excluding carboxylic acids is 2. The van der Waals surface area contributed by atoms with Gasteiger partial charge in [0, 0.05) is 30.5 Å². The minimum Gasteiger partial charge on any atom is -0.351 e. The first-order valence-corrected chi connectivity index (χ1v) is 9.05. The third-order valence-electron chi connectivity index (χ3n) is 4.12. The van der Waals surface area contributed by atoms with Crippen LogP contribution in [-0.4, -0.2) is 29.9 Å². The summed E-state index contributed by atoms with van der Waals surface area (Å²) in [5.41, 5.74) is 2.66. The maximum atomic E-state index is 12.9. The lowest BCUT2D eigenvalue weighted by Gasteiger charge is -2.21. The monoisotopic (exact) mass is 353 g/mol. The molecule has 0 aliphatic rings. The van der Waals surface area contributed by atoms with Crippen LogP contribution in [0.2, 0.25) is 0 Å². The van der Waals surface area contributed by atoms with Crippen LogP contribution >= 0.6 is 0 Å². The van der Waals surface area contributed by atoms with Gasteiger partial charge in [-0.05, 0) is 56.0 Å². The van der Waals surface area contributed by atoms with Crippen LogP contribution in [0.4, 0.5) is 5.69 Å². The van der Waals surface area contributed by atoms with Gasteiger partial charge in [0.1, 0.15) is 5.69 Å². The van der Waals surface area contributed by atoms with Crippen molar-refractivity contribution in [1.29, 1.82) is 0 Å². The summed E-state index contributed by atoms with van der Waals surface area (Å²) in [4.78, 5) is 31.0. The Morgan fingerprint density at radius 2 is 1.96 bits per heavy atom. The van der Waals surface area contributed by atoms with Gasteiger partial charge in [-0.3, -0.25) is 14.6 Å². The molecule has 0 atom stereocenters. The molecule has 1 N–H and O–H groups in total. The Labute approximate surface area is 155 Å². The molecule has 5 nitrogen and oxygen atoms in total. The Morgan fingerprint density at radius 1 is 1.19 bits per heavy atom. The van der Waals surface area contributed by atoms with Gasteiger partial charge >= 0.3 is 0 Å². The molecule has 0 aliphatic carbocycles. The molecule has 1 aromatic carbocycles. The highest BCUT2D eigenvalue weighted by Crippen LogP contribution is 2.18. The van der Waals surface area contributed by atoms with Crippen LogP contribution in [0.3, 0.4) is 0 Å². The molecule has 2 rings (SSSR count). The van der Waals surface area contributed by atoms with E-state index in [-0.39, 0.29) is 17.5 Å². The summed E-state index contributed by atoms with van der Waals surface area (Å²) < 4.78 is 0. The summed E-state index contributed by atoms with van der Waals surface area (Å²) >= 11 is 0. The van der Waals surface area contributed by atoms with Crippen molar-refractivity contribution in [3.05, 3.63) is 59.4 Å². The van der Waals surface area contributed by atoms with Crippen molar-refractivity contribution in [3.63, 3.8) is 0 Å². The summed E-state index contributed by atoms with van der Waals surface area (Å²) in [6, 6.07) is 11.0. The van der Waals surface area contributed by atoms with Crippen LogP contribution < -0.4 is 10.2 Å². The van der Waals surface area contributed by atoms with Crippen LogP contribution in [0.5, 0.6) is 0 Å². The maximum Gasteiger partial charge on any atom is 0.269 e. The van der Waals surface area contributed by atoms with Gasteiger partial charge in [0.2, 0.25) is 0 Å². The molecule has 0 unspecified atom stereocenters. The highest BCUT2D eigenvalue weighted by atomic mass is 16.2. The van der Waals surface area contributed by atoms with E-state index in [1.165, 1.54) is 6.20 Å². The van der Waals surface area contributed by atoms with E-state index in [0.717, 1.165) is 17.7 Å². The number of benzene rings is 1. The Hall–Kier alpha value is -2.69. The van der Waals surface area contributed by atoms with Crippen molar-refractivity contribution in [2.24, 2.45) is 5.92 Å². The highest BCUT2D eigenvalue weighted by Gasteiger charge is 2.18. The number of rotatable bonds is 7. The molecule has 1 heterocycles. The third-order valence-corrected chi connectivity index (χ3v) is 4.12. The first-order chi connectivity index (χ1) is 12.4. The van der Waals surface area contributed by atoms with E-state index in [9.17, 15) is 9.59 Å². The van der Waals surface area contributed by atoms with Gasteiger partial charge in [-0.25, -0.2) is 0 Å². The summed E-state index contributed by atoms with van der Waals surface area (Å²) in [6.07, 6.45) is 2.41. The number of hydrogen-bond donors (Lipinski definition) is 1. The lowest BCUT2D eigenvalue weighted by atomic mass is 10.1. The van der Waals surface area contributed by atoms with Crippen molar-refractivity contribution in [1.82, 2.24) is 10.3 Å². The fraction of sp³-hybridized carbons (Fsp3) is 0.381. The van der Waals surface area contributed by atoms with Gasteiger partial charge in [0.05, 0.1) is 0 Å². The number of pyridine rings is 1. The van der Waals surface area contributed by atoms with Crippen molar-refractivity contribution in [2.45, 2.75) is 34.1 Å². The smallest absolute Gasteiger partial charge is 0.269 e. The summed E-state index contributed by atoms with van der Waals surface area (Å²) in [5, 5.41) is 2.85. The minimum atomic E-state index is -0.251. The van der Waals surface area contributed by atoms with Gasteiger partial charge in [-0.15, -0.1) is 0 Å². The highest BCUT2D eigenvalue weighted by molar-refractivity contribution is 6.07. The molecular weight excluding hydrogens is 326 g/mol. The van der Waals surface area contributed by atoms with E-state index in [4.69, 9.17) is 0 Å². The molecule has 138 valence electrons. The zero-order chi connectivity index (χ0) is 19.1. The zero-order valence-corrected chi connectivity index (χ0v) is 16.0. The molecule has 5 heteroatoms. The second kappa shape index (κ2) is 9.13. The van der Waals surface area contributed by atoms with E-state index in [2.05, 4.69) is 24.1 Å². The lowest BCUT2D eigenvalue weighted by molar-refractivity contribution is 0.0947. The van der Waals surface area contributed by atoms with E-state index in [0.29, 0.717) is 24.6 Å². The van der Waals surface area contributed by atoms with Gasteiger partial charge in [-0.2, -0.15) is 0 Å². The van der Waals surface area contributed by atoms with Gasteiger partial charge in [-0.1, -0.05) is 26.0 Å². The normalized spacial score (nSPS) is 10.7. The number of anilines is 1. The number of carbonyl (C=O) groups is 2. The van der Waals surface area contributed by atoms with E-state index < -0.39 is 0 Å². The second-order valence-electron chi connectivity index (χ2n) is 6.76. The summed E-state index contributed by atoms with van der Waals surface area (Å²) in [6.45, 7) is 9.28. The molecule has 0 saturated carbocycles. The number of nitrogens with one attached hydrogen (secondary N) is 1. The van der Waals surface area contributed by atoms with E-state index in [1.54, 1.807) is 17.0 Å². The van der Waals surface area contributed by atoms with E-state index in [1.807, 2.05) is 38.1 Å². The predicted molar refractivity (Wildman–Crippen MR) is 105 cm³/mol. The number of aromatic nitrogens is 1. The van der Waals surface area contributed by atoms with Crippen LogP contribution in [-0.2, 0) is 0 Å². The minimum absolute atomic E-state index is 0.142. The fourth-order valence-corrected chi connectivity index (χ4v) is 2.65. The van der Waals surface area contributed by atoms with Crippen LogP contribution in [0.25, 0.3) is 0 Å². The van der Waals surface area contributed by atoms with Crippen molar-refractivity contribution in [2.75, 3.05) is 18.0 Å². The SMILES string of the molecule is CCN(C(=O)c1ccnc(C(=O)NCCC(C)C)c1)c1cccc(C)c1. The molecule has 0 bridgehead atoms. The molecule has 1 aromatic heterocycles. The number of hydrogen-bond acceptors (Lipinski definition) is 3. The van der Waals surface area contributed by atoms with Crippen LogP contribution in [0.15, 0.2) is 42.6 Å². The molecule has 0 spiro atoms. The molecule has 2 amide bonds. The molecule has 26 heavy (non-hydrogen) atoms. The number of nitrogens with zero attached hydrogens (tertiary/aromatic N) is 2. The average Bonchev–Trinajstić information content (AvgIpc) is 2.62. The Morgan fingerprint density at radius 3 is 2.62 bits per heavy atom. The summed E-state index contributed by atoms with van der Waals surface area (Å²) in [7, 11) is 0. The van der Waals surface area contributed by atoms with Crippen molar-refractivity contribution in [3.8, 4) is 0 Å². The molecule has 0 fully saturated rings. The Bertz CT molecular complexity index is 771. The molecular formula is C21H27N3O2. The first-order valence-electron chi connectivity index (χ1n) is 9.05. The molecule has 0 radical (unpaired) electrons. The largest absolute Gasteiger partial charge is 0.351 e. The Balaban J connectivity index is 2.17. The molecule has 0 aliphatic heterocycles. The summed E-state index contributed by atoms with van der Waals surface area (Å²) in [5.74, 6) is 0.124. The third kappa shape index (κ3) is 5.15. The van der Waals surface area contributed by atoms with Gasteiger partial charge in [0.15, 0.2) is 0 Å². The first kappa shape index (κ1) is 19.6. The predicted octanol–water partition coefficient (Wildman–Crippen LogP) is 3.83. The van der Waals surface area contributed by atoms with Gasteiger partial charge in [0.25, 0.3) is 11.8 Å². The average molecular weight is 353 g/mol. The zero-order valence-electron chi connectivity index (χ0n) is 16.0. The molecule has 0 saturated heterocycles. The van der Waals surface area contributed by atoms with Crippen LogP contribution in [0, 0.1) is 12.8 Å². The number of amides is 2. The maximum absolute atomic E-state index is 12.9. The molecule has 2 aromatic rings. The van der Waals surface area contributed by atoms with Crippen LogP contribution in [0.1, 0.15) is 53.6 Å². The Kier molecular flexibility index (Phi) is 6.89. The van der Waals surface area contributed by atoms with Crippen molar-refractivity contribution < 1.29 is 9.59 Å². The van der Waals surface area contributed by atoms with E-state index >= 15 is 0 Å². The fourth-order valence-electron chi connectivity index (χ4n) is 2.65. The second-order valence-corrected chi connectivity index (χ2v) is 6.76. The quantitative estimate of drug-likeness (QED) is 0.823. The lowest BCUT2D eigenvalue weighted by Crippen LogP contribution is -2.31. The van der Waals surface area contributed by atoms with Crippen molar-refractivity contribution >= 4 is 17.5 Å². The number of aryl methyl sites for hydroxylation is 1. The topological polar surface area (TPSA) is 62.3 Å². The standard InChI is InChI=1S/C21H27N3O2/c1-5-24(18-8-6-7-16(4)13-18)21(26)17-10-12-22-19(14-17)20(25)23-11-9-15(2)3/h6-8,10,12-15H,5,9,11H2,1-4H3,(H,23,25). The van der Waals surface area contributed by atoms with Gasteiger partial charge < -0.3 is 10.2 Å².